The van der Waals surface area contributed by atoms with E-state index in [1.807, 2.05) is 25.2 Å². The number of rotatable bonds is 8. The van der Waals surface area contributed by atoms with Crippen LogP contribution in [-0.4, -0.2) is 35.8 Å². The second-order valence-electron chi connectivity index (χ2n) is 5.83. The van der Waals surface area contributed by atoms with Crippen molar-refractivity contribution in [3.8, 4) is 0 Å². The first-order valence-electron chi connectivity index (χ1n) is 8.48. The van der Waals surface area contributed by atoms with Gasteiger partial charge in [0.15, 0.2) is 11.8 Å². The highest BCUT2D eigenvalue weighted by atomic mass is 32.1. The van der Waals surface area contributed by atoms with Crippen LogP contribution in [0, 0.1) is 6.92 Å². The van der Waals surface area contributed by atoms with Gasteiger partial charge in [-0.1, -0.05) is 5.16 Å². The van der Waals surface area contributed by atoms with E-state index in [9.17, 15) is 0 Å². The Kier molecular flexibility index (Phi) is 7.39. The number of aryl methyl sites for hydroxylation is 1. The van der Waals surface area contributed by atoms with Crippen molar-refractivity contribution in [2.24, 2.45) is 4.99 Å². The normalized spacial score (nSPS) is 14.4. The summed E-state index contributed by atoms with van der Waals surface area (Å²) >= 11 is 1.82. The number of guanidine groups is 1. The number of aliphatic imine (C=N–C) groups is 1. The number of hydrogen-bond donors (Lipinski definition) is 2. The maximum atomic E-state index is 5.46. The third kappa shape index (κ3) is 6.13. The molecule has 7 nitrogen and oxygen atoms in total. The molecule has 2 aromatic heterocycles. The lowest BCUT2D eigenvalue weighted by molar-refractivity contribution is 0.0683. The van der Waals surface area contributed by atoms with Crippen molar-refractivity contribution in [1.82, 2.24) is 20.8 Å². The molecule has 0 aliphatic rings. The monoisotopic (exact) mass is 365 g/mol. The van der Waals surface area contributed by atoms with E-state index in [1.165, 1.54) is 9.75 Å². The van der Waals surface area contributed by atoms with Crippen LogP contribution in [0.15, 0.2) is 21.6 Å². The summed E-state index contributed by atoms with van der Waals surface area (Å²) in [5.74, 6) is 1.77. The molecule has 25 heavy (non-hydrogen) atoms. The zero-order valence-electron chi connectivity index (χ0n) is 15.5. The molecule has 0 spiro atoms. The molecule has 0 saturated carbocycles. The summed E-state index contributed by atoms with van der Waals surface area (Å²) in [5, 5.41) is 10.5. The van der Waals surface area contributed by atoms with Crippen LogP contribution in [0.3, 0.4) is 0 Å². The summed E-state index contributed by atoms with van der Waals surface area (Å²) in [7, 11) is 1.74. The summed E-state index contributed by atoms with van der Waals surface area (Å²) in [6, 6.07) is 4.59. The fraction of sp³-hybridized carbons (Fsp3) is 0.588. The molecule has 0 radical (unpaired) electrons. The second kappa shape index (κ2) is 9.53. The summed E-state index contributed by atoms with van der Waals surface area (Å²) < 4.78 is 10.7. The van der Waals surface area contributed by atoms with Gasteiger partial charge in [0.05, 0.1) is 6.54 Å². The Labute approximate surface area is 152 Å². The van der Waals surface area contributed by atoms with Gasteiger partial charge in [-0.2, -0.15) is 4.98 Å². The Morgan fingerprint density at radius 1 is 1.40 bits per heavy atom. The van der Waals surface area contributed by atoms with Crippen molar-refractivity contribution in [2.75, 3.05) is 13.7 Å². The molecule has 2 rings (SSSR count). The lowest BCUT2D eigenvalue weighted by Crippen LogP contribution is -2.42. The van der Waals surface area contributed by atoms with Crippen LogP contribution in [-0.2, 0) is 17.7 Å². The Morgan fingerprint density at radius 2 is 2.20 bits per heavy atom. The van der Waals surface area contributed by atoms with Gasteiger partial charge in [-0.25, -0.2) is 0 Å². The Bertz CT molecular complexity index is 682. The van der Waals surface area contributed by atoms with Gasteiger partial charge < -0.3 is 19.9 Å². The Morgan fingerprint density at radius 3 is 2.84 bits per heavy atom. The van der Waals surface area contributed by atoms with Crippen LogP contribution >= 0.6 is 11.3 Å². The smallest absolute Gasteiger partial charge is 0.246 e. The number of ether oxygens (including phenoxy) is 1. The summed E-state index contributed by atoms with van der Waals surface area (Å²) in [6.45, 7) is 9.12. The molecular formula is C17H27N5O2S. The predicted molar refractivity (Wildman–Crippen MR) is 99.9 cm³/mol. The van der Waals surface area contributed by atoms with E-state index < -0.39 is 0 Å². The SMILES string of the molecule is CCOC(C)c1noc(CNC(=NC)NC(C)Cc2ccc(C)s2)n1. The van der Waals surface area contributed by atoms with Crippen molar-refractivity contribution in [3.63, 3.8) is 0 Å². The van der Waals surface area contributed by atoms with Crippen molar-refractivity contribution in [3.05, 3.63) is 33.6 Å². The Balaban J connectivity index is 1.81. The molecule has 0 saturated heterocycles. The molecule has 138 valence electrons. The number of thiophene rings is 1. The third-order valence-electron chi connectivity index (χ3n) is 3.58. The average Bonchev–Trinajstić information content (AvgIpc) is 3.20. The van der Waals surface area contributed by atoms with Crippen LogP contribution < -0.4 is 10.6 Å². The topological polar surface area (TPSA) is 84.6 Å². The molecule has 0 bridgehead atoms. The zero-order valence-corrected chi connectivity index (χ0v) is 16.3. The molecule has 0 aliphatic heterocycles. The van der Waals surface area contributed by atoms with Crippen molar-refractivity contribution < 1.29 is 9.26 Å². The van der Waals surface area contributed by atoms with Crippen LogP contribution in [0.25, 0.3) is 0 Å². The maximum Gasteiger partial charge on any atom is 0.246 e. The first-order valence-corrected chi connectivity index (χ1v) is 9.30. The standard InChI is InChI=1S/C17H27N5O2S/c1-6-23-13(4)16-21-15(24-22-16)10-19-17(18-5)20-11(2)9-14-8-7-12(3)25-14/h7-8,11,13H,6,9-10H2,1-5H3,(H2,18,19,20). The van der Waals surface area contributed by atoms with E-state index in [-0.39, 0.29) is 12.1 Å². The largest absolute Gasteiger partial charge is 0.371 e. The molecule has 2 atom stereocenters. The molecular weight excluding hydrogens is 338 g/mol. The van der Waals surface area contributed by atoms with Gasteiger partial charge in [0.25, 0.3) is 0 Å². The van der Waals surface area contributed by atoms with E-state index in [4.69, 9.17) is 9.26 Å². The maximum absolute atomic E-state index is 5.46. The minimum absolute atomic E-state index is 0.172. The minimum atomic E-state index is -0.172. The molecule has 0 amide bonds. The van der Waals surface area contributed by atoms with Gasteiger partial charge in [0.1, 0.15) is 6.10 Å². The van der Waals surface area contributed by atoms with Gasteiger partial charge >= 0.3 is 0 Å². The molecule has 0 aromatic carbocycles. The first-order chi connectivity index (χ1) is 12.0. The van der Waals surface area contributed by atoms with Crippen LogP contribution in [0.5, 0.6) is 0 Å². The van der Waals surface area contributed by atoms with Crippen molar-refractivity contribution >= 4 is 17.3 Å². The van der Waals surface area contributed by atoms with Crippen molar-refractivity contribution in [2.45, 2.75) is 52.8 Å². The number of nitrogens with one attached hydrogen (secondary N) is 2. The highest BCUT2D eigenvalue weighted by molar-refractivity contribution is 7.11. The fourth-order valence-corrected chi connectivity index (χ4v) is 3.38. The van der Waals surface area contributed by atoms with Gasteiger partial charge in [0.2, 0.25) is 5.89 Å². The molecule has 2 heterocycles. The zero-order chi connectivity index (χ0) is 18.2. The van der Waals surface area contributed by atoms with E-state index in [0.29, 0.717) is 30.8 Å². The van der Waals surface area contributed by atoms with Gasteiger partial charge in [-0.05, 0) is 39.8 Å². The number of aromatic nitrogens is 2. The molecule has 2 aromatic rings. The molecule has 0 aliphatic carbocycles. The van der Waals surface area contributed by atoms with Gasteiger partial charge in [-0.3, -0.25) is 4.99 Å². The average molecular weight is 366 g/mol. The predicted octanol–water partition coefficient (Wildman–Crippen LogP) is 2.83. The van der Waals surface area contributed by atoms with Crippen LogP contribution in [0.1, 0.15) is 48.3 Å². The summed E-state index contributed by atoms with van der Waals surface area (Å²) in [4.78, 5) is 11.3. The molecule has 0 fully saturated rings. The molecule has 2 N–H and O–H groups in total. The summed E-state index contributed by atoms with van der Waals surface area (Å²) in [5.41, 5.74) is 0. The van der Waals surface area contributed by atoms with Crippen LogP contribution in [0.4, 0.5) is 0 Å². The molecule has 2 unspecified atom stereocenters. The second-order valence-corrected chi connectivity index (χ2v) is 7.20. The van der Waals surface area contributed by atoms with Crippen LogP contribution in [0.2, 0.25) is 0 Å². The number of hydrogen-bond acceptors (Lipinski definition) is 6. The van der Waals surface area contributed by atoms with E-state index in [1.54, 1.807) is 7.05 Å². The van der Waals surface area contributed by atoms with E-state index in [2.05, 4.69) is 51.7 Å². The lowest BCUT2D eigenvalue weighted by Gasteiger charge is -2.16. The van der Waals surface area contributed by atoms with E-state index in [0.717, 1.165) is 6.42 Å². The number of nitrogens with zero attached hydrogens (tertiary/aromatic N) is 3. The quantitative estimate of drug-likeness (QED) is 0.553. The van der Waals surface area contributed by atoms with Gasteiger partial charge in [0, 0.05) is 35.9 Å². The highest BCUT2D eigenvalue weighted by Crippen LogP contribution is 2.16. The first kappa shape index (κ1) is 19.4. The molecule has 8 heteroatoms. The fourth-order valence-electron chi connectivity index (χ4n) is 2.36. The summed E-state index contributed by atoms with van der Waals surface area (Å²) in [6.07, 6.45) is 0.782. The minimum Gasteiger partial charge on any atom is -0.371 e. The Hall–Kier alpha value is -1.93. The lowest BCUT2D eigenvalue weighted by atomic mass is 10.2. The third-order valence-corrected chi connectivity index (χ3v) is 4.60. The van der Waals surface area contributed by atoms with Gasteiger partial charge in [-0.15, -0.1) is 11.3 Å². The highest BCUT2D eigenvalue weighted by Gasteiger charge is 2.14. The van der Waals surface area contributed by atoms with Crippen molar-refractivity contribution in [1.29, 1.82) is 0 Å². The van der Waals surface area contributed by atoms with E-state index >= 15 is 0 Å².